The summed E-state index contributed by atoms with van der Waals surface area (Å²) in [5, 5.41) is 2.48. The molecule has 0 aliphatic heterocycles. The van der Waals surface area contributed by atoms with Crippen LogP contribution in [0.2, 0.25) is 0 Å². The van der Waals surface area contributed by atoms with Crippen molar-refractivity contribution >= 4 is 17.8 Å². The lowest BCUT2D eigenvalue weighted by Gasteiger charge is -2.20. The summed E-state index contributed by atoms with van der Waals surface area (Å²) >= 11 is 0. The fraction of sp³-hybridized carbons (Fsp3) is 0.688. The lowest BCUT2D eigenvalue weighted by Crippen LogP contribution is -2.37. The van der Waals surface area contributed by atoms with E-state index in [1.165, 1.54) is 7.11 Å². The van der Waals surface area contributed by atoms with Gasteiger partial charge in [0, 0.05) is 5.57 Å². The molecule has 0 saturated carbocycles. The molecule has 0 spiro atoms. The first-order valence-electron chi connectivity index (χ1n) is 7.27. The Labute approximate surface area is 132 Å². The molecule has 0 heterocycles. The van der Waals surface area contributed by atoms with E-state index in [-0.39, 0.29) is 18.0 Å². The third kappa shape index (κ3) is 7.81. The zero-order chi connectivity index (χ0) is 17.5. The summed E-state index contributed by atoms with van der Waals surface area (Å²) < 4.78 is 9.78. The second kappa shape index (κ2) is 8.56. The normalized spacial score (nSPS) is 13.5. The molecule has 0 aliphatic rings. The summed E-state index contributed by atoms with van der Waals surface area (Å²) in [5.41, 5.74) is -0.331. The summed E-state index contributed by atoms with van der Waals surface area (Å²) in [5.74, 6) is -2.13. The maximum Gasteiger partial charge on any atom is 0.325 e. The van der Waals surface area contributed by atoms with Crippen LogP contribution in [0, 0.1) is 11.8 Å². The molecule has 0 fully saturated rings. The van der Waals surface area contributed by atoms with Gasteiger partial charge in [0.1, 0.15) is 12.1 Å². The van der Waals surface area contributed by atoms with Crippen LogP contribution < -0.4 is 5.32 Å². The number of allylic oxidation sites excluding steroid dienone is 1. The predicted molar refractivity (Wildman–Crippen MR) is 83.0 cm³/mol. The van der Waals surface area contributed by atoms with Gasteiger partial charge in [0.05, 0.1) is 13.0 Å². The predicted octanol–water partition coefficient (Wildman–Crippen LogP) is 1.84. The van der Waals surface area contributed by atoms with E-state index < -0.39 is 29.4 Å². The van der Waals surface area contributed by atoms with Crippen molar-refractivity contribution in [1.29, 1.82) is 0 Å². The maximum atomic E-state index is 12.2. The third-order valence-corrected chi connectivity index (χ3v) is 2.61. The number of nitrogens with one attached hydrogen (secondary N) is 1. The summed E-state index contributed by atoms with van der Waals surface area (Å²) in [4.78, 5) is 35.5. The molecule has 6 nitrogen and oxygen atoms in total. The van der Waals surface area contributed by atoms with Crippen LogP contribution in [0.25, 0.3) is 0 Å². The molecule has 0 aromatic heterocycles. The van der Waals surface area contributed by atoms with Gasteiger partial charge in [-0.25, -0.2) is 0 Å². The van der Waals surface area contributed by atoms with E-state index in [1.54, 1.807) is 33.8 Å². The topological polar surface area (TPSA) is 81.7 Å². The Morgan fingerprint density at radius 1 is 1.14 bits per heavy atom. The van der Waals surface area contributed by atoms with Crippen molar-refractivity contribution in [2.24, 2.45) is 11.8 Å². The number of carbonyl (C=O) groups excluding carboxylic acids is 3. The van der Waals surface area contributed by atoms with Crippen LogP contribution >= 0.6 is 0 Å². The summed E-state index contributed by atoms with van der Waals surface area (Å²) in [7, 11) is 1.27. The van der Waals surface area contributed by atoms with E-state index in [9.17, 15) is 14.4 Å². The van der Waals surface area contributed by atoms with Crippen molar-refractivity contribution in [2.75, 3.05) is 13.7 Å². The zero-order valence-corrected chi connectivity index (χ0v) is 14.5. The highest BCUT2D eigenvalue weighted by Gasteiger charge is 2.25. The molecule has 1 atom stereocenters. The molecule has 0 aromatic rings. The van der Waals surface area contributed by atoms with Crippen LogP contribution in [0.5, 0.6) is 0 Å². The minimum Gasteiger partial charge on any atom is -0.469 e. The fourth-order valence-electron chi connectivity index (χ4n) is 1.71. The smallest absolute Gasteiger partial charge is 0.325 e. The van der Waals surface area contributed by atoms with Gasteiger partial charge in [0.15, 0.2) is 0 Å². The first-order valence-corrected chi connectivity index (χ1v) is 7.27. The Kier molecular flexibility index (Phi) is 7.84. The van der Waals surface area contributed by atoms with Crippen molar-refractivity contribution in [1.82, 2.24) is 5.32 Å². The number of ether oxygens (including phenoxy) is 2. The number of hydrogen-bond acceptors (Lipinski definition) is 5. The minimum absolute atomic E-state index is 0.0781. The Bertz CT molecular complexity index is 446. The van der Waals surface area contributed by atoms with Crippen LogP contribution in [0.15, 0.2) is 11.6 Å². The standard InChI is InChI=1S/C16H27NO5/c1-10(2)8-12(11(3)15(20)21-7)14(19)17-9-13(18)22-16(4,5)6/h8,10-11H,9H2,1-7H3,(H,17,19)/b12-8+/t11-/m1/s1. The monoisotopic (exact) mass is 313 g/mol. The number of hydrogen-bond donors (Lipinski definition) is 1. The first kappa shape index (κ1) is 20.1. The Morgan fingerprint density at radius 3 is 2.09 bits per heavy atom. The second-order valence-corrected chi connectivity index (χ2v) is 6.38. The fourth-order valence-corrected chi connectivity index (χ4v) is 1.71. The van der Waals surface area contributed by atoms with Crippen LogP contribution in [0.1, 0.15) is 41.5 Å². The number of methoxy groups -OCH3 is 1. The quantitative estimate of drug-likeness (QED) is 0.597. The van der Waals surface area contributed by atoms with E-state index in [2.05, 4.69) is 10.1 Å². The molecule has 22 heavy (non-hydrogen) atoms. The number of esters is 2. The summed E-state index contributed by atoms with van der Waals surface area (Å²) in [6.45, 7) is 10.4. The lowest BCUT2D eigenvalue weighted by molar-refractivity contribution is -0.154. The van der Waals surface area contributed by atoms with Crippen molar-refractivity contribution in [3.8, 4) is 0 Å². The van der Waals surface area contributed by atoms with E-state index in [4.69, 9.17) is 4.74 Å². The van der Waals surface area contributed by atoms with Gasteiger partial charge in [-0.05, 0) is 33.6 Å². The molecular weight excluding hydrogens is 286 g/mol. The van der Waals surface area contributed by atoms with Gasteiger partial charge >= 0.3 is 11.9 Å². The average Bonchev–Trinajstić information content (AvgIpc) is 2.38. The molecule has 0 aromatic carbocycles. The van der Waals surface area contributed by atoms with Crippen LogP contribution in [0.4, 0.5) is 0 Å². The molecule has 0 rings (SSSR count). The maximum absolute atomic E-state index is 12.2. The lowest BCUT2D eigenvalue weighted by atomic mass is 9.96. The van der Waals surface area contributed by atoms with Crippen molar-refractivity contribution < 1.29 is 23.9 Å². The van der Waals surface area contributed by atoms with E-state index >= 15 is 0 Å². The summed E-state index contributed by atoms with van der Waals surface area (Å²) in [6, 6.07) is 0. The highest BCUT2D eigenvalue weighted by molar-refractivity contribution is 6.00. The van der Waals surface area contributed by atoms with Crippen LogP contribution in [-0.2, 0) is 23.9 Å². The zero-order valence-electron chi connectivity index (χ0n) is 14.5. The molecule has 0 saturated heterocycles. The van der Waals surface area contributed by atoms with Gasteiger partial charge in [-0.1, -0.05) is 19.9 Å². The first-order chi connectivity index (χ1) is 9.97. The van der Waals surface area contributed by atoms with Crippen molar-refractivity contribution in [2.45, 2.75) is 47.1 Å². The second-order valence-electron chi connectivity index (χ2n) is 6.38. The molecule has 1 amide bonds. The van der Waals surface area contributed by atoms with Gasteiger partial charge in [0.25, 0.3) is 0 Å². The third-order valence-electron chi connectivity index (χ3n) is 2.61. The van der Waals surface area contributed by atoms with Crippen molar-refractivity contribution in [3.63, 3.8) is 0 Å². The Hall–Kier alpha value is -1.85. The van der Waals surface area contributed by atoms with E-state index in [0.717, 1.165) is 0 Å². The number of rotatable bonds is 6. The molecule has 0 radical (unpaired) electrons. The molecular formula is C16H27NO5. The largest absolute Gasteiger partial charge is 0.469 e. The molecule has 0 unspecified atom stereocenters. The summed E-state index contributed by atoms with van der Waals surface area (Å²) in [6.07, 6.45) is 1.69. The number of amides is 1. The van der Waals surface area contributed by atoms with Gasteiger partial charge < -0.3 is 14.8 Å². The van der Waals surface area contributed by atoms with Gasteiger partial charge in [-0.15, -0.1) is 0 Å². The van der Waals surface area contributed by atoms with E-state index in [1.807, 2.05) is 13.8 Å². The van der Waals surface area contributed by atoms with Crippen LogP contribution in [0.3, 0.4) is 0 Å². The number of carbonyl (C=O) groups is 3. The minimum atomic E-state index is -0.703. The molecule has 0 bridgehead atoms. The Morgan fingerprint density at radius 2 is 1.68 bits per heavy atom. The molecule has 1 N–H and O–H groups in total. The van der Waals surface area contributed by atoms with Gasteiger partial charge in [0.2, 0.25) is 5.91 Å². The Balaban J connectivity index is 4.87. The van der Waals surface area contributed by atoms with Gasteiger partial charge in [-0.2, -0.15) is 0 Å². The molecule has 6 heteroatoms. The van der Waals surface area contributed by atoms with Crippen LogP contribution in [-0.4, -0.2) is 37.1 Å². The highest BCUT2D eigenvalue weighted by Crippen LogP contribution is 2.15. The highest BCUT2D eigenvalue weighted by atomic mass is 16.6. The van der Waals surface area contributed by atoms with Gasteiger partial charge in [-0.3, -0.25) is 14.4 Å². The van der Waals surface area contributed by atoms with E-state index in [0.29, 0.717) is 0 Å². The molecule has 0 aliphatic carbocycles. The van der Waals surface area contributed by atoms with Crippen molar-refractivity contribution in [3.05, 3.63) is 11.6 Å². The average molecular weight is 313 g/mol. The molecule has 126 valence electrons. The SMILES string of the molecule is COC(=O)[C@H](C)/C(=C\C(C)C)C(=O)NCC(=O)OC(C)(C)C.